The predicted octanol–water partition coefficient (Wildman–Crippen LogP) is 2.26. The van der Waals surface area contributed by atoms with Crippen LogP contribution in [0.1, 0.15) is 13.3 Å². The highest BCUT2D eigenvalue weighted by Crippen LogP contribution is 2.20. The molecule has 0 unspecified atom stereocenters. The molecular weight excluding hydrogens is 314 g/mol. The van der Waals surface area contributed by atoms with Crippen molar-refractivity contribution in [1.29, 1.82) is 0 Å². The number of rotatable bonds is 5. The van der Waals surface area contributed by atoms with Crippen LogP contribution in [0, 0.1) is 0 Å². The first-order valence-corrected chi connectivity index (χ1v) is 6.89. The molecule has 0 radical (unpaired) electrons. The van der Waals surface area contributed by atoms with E-state index >= 15 is 0 Å². The maximum atomic E-state index is 11.7. The Morgan fingerprint density at radius 2 is 2.06 bits per heavy atom. The number of anilines is 1. The summed E-state index contributed by atoms with van der Waals surface area (Å²) in [6.45, 7) is 3.00. The second-order valence-electron chi connectivity index (χ2n) is 3.64. The van der Waals surface area contributed by atoms with Gasteiger partial charge in [0.25, 0.3) is 0 Å². The Morgan fingerprint density at radius 3 is 2.72 bits per heavy atom. The fraction of sp³-hybridized carbons (Fsp3) is 0.333. The van der Waals surface area contributed by atoms with Gasteiger partial charge in [-0.1, -0.05) is 19.1 Å². The molecule has 1 rings (SSSR count). The van der Waals surface area contributed by atoms with Crippen LogP contribution in [0.4, 0.5) is 5.69 Å². The molecule has 0 saturated heterocycles. The summed E-state index contributed by atoms with van der Waals surface area (Å²) in [7, 11) is 0. The zero-order chi connectivity index (χ0) is 13.4. The normalized spacial score (nSPS) is 9.67. The number of benzene rings is 1. The van der Waals surface area contributed by atoms with Crippen LogP contribution in [-0.2, 0) is 4.79 Å². The van der Waals surface area contributed by atoms with Crippen LogP contribution in [0.15, 0.2) is 28.7 Å². The van der Waals surface area contributed by atoms with E-state index in [2.05, 4.69) is 38.8 Å². The zero-order valence-electron chi connectivity index (χ0n) is 10.1. The summed E-state index contributed by atoms with van der Waals surface area (Å²) in [5, 5.41) is 9.13. The van der Waals surface area contributed by atoms with E-state index in [1.807, 2.05) is 24.3 Å². The van der Waals surface area contributed by atoms with E-state index in [0.717, 1.165) is 23.1 Å². The maximum absolute atomic E-state index is 11.7. The van der Waals surface area contributed by atoms with Crippen molar-refractivity contribution in [3.63, 3.8) is 0 Å². The van der Waals surface area contributed by atoms with Crippen LogP contribution < -0.4 is 16.0 Å². The summed E-state index contributed by atoms with van der Waals surface area (Å²) in [5.74, 6) is -0.137. The van der Waals surface area contributed by atoms with Crippen molar-refractivity contribution < 1.29 is 4.79 Å². The van der Waals surface area contributed by atoms with E-state index in [1.165, 1.54) is 0 Å². The highest BCUT2D eigenvalue weighted by Gasteiger charge is 2.05. The van der Waals surface area contributed by atoms with Crippen LogP contribution in [0.5, 0.6) is 0 Å². The SMILES string of the molecule is CCCNC(=S)NCC(=O)Nc1ccccc1Br. The quantitative estimate of drug-likeness (QED) is 0.725. The molecule has 0 fully saturated rings. The Labute approximate surface area is 121 Å². The van der Waals surface area contributed by atoms with Crippen LogP contribution >= 0.6 is 28.1 Å². The maximum Gasteiger partial charge on any atom is 0.243 e. The van der Waals surface area contributed by atoms with Gasteiger partial charge in [-0.2, -0.15) is 0 Å². The Balaban J connectivity index is 2.34. The van der Waals surface area contributed by atoms with Gasteiger partial charge >= 0.3 is 0 Å². The number of thiocarbonyl (C=S) groups is 1. The van der Waals surface area contributed by atoms with Gasteiger partial charge in [0.15, 0.2) is 5.11 Å². The van der Waals surface area contributed by atoms with Crippen molar-refractivity contribution in [3.8, 4) is 0 Å². The van der Waals surface area contributed by atoms with Crippen molar-refractivity contribution >= 4 is 44.9 Å². The lowest BCUT2D eigenvalue weighted by Gasteiger charge is -2.10. The summed E-state index contributed by atoms with van der Waals surface area (Å²) in [4.78, 5) is 11.7. The van der Waals surface area contributed by atoms with Crippen molar-refractivity contribution in [2.24, 2.45) is 0 Å². The highest BCUT2D eigenvalue weighted by atomic mass is 79.9. The number of para-hydroxylation sites is 1. The average Bonchev–Trinajstić information content (AvgIpc) is 2.36. The molecular formula is C12H16BrN3OS. The minimum atomic E-state index is -0.137. The standard InChI is InChI=1S/C12H16BrN3OS/c1-2-7-14-12(18)15-8-11(17)16-10-6-4-3-5-9(10)13/h3-6H,2,7-8H2,1H3,(H,16,17)(H2,14,15,18). The molecule has 0 saturated carbocycles. The van der Waals surface area contributed by atoms with Gasteiger partial charge in [-0.25, -0.2) is 0 Å². The predicted molar refractivity (Wildman–Crippen MR) is 81.7 cm³/mol. The van der Waals surface area contributed by atoms with Crippen LogP contribution in [0.25, 0.3) is 0 Å². The molecule has 0 aromatic heterocycles. The van der Waals surface area contributed by atoms with Gasteiger partial charge in [0.1, 0.15) is 0 Å². The van der Waals surface area contributed by atoms with Gasteiger partial charge in [-0.15, -0.1) is 0 Å². The molecule has 1 aromatic rings. The fourth-order valence-corrected chi connectivity index (χ4v) is 1.78. The minimum Gasteiger partial charge on any atom is -0.363 e. The Kier molecular flexibility index (Phi) is 6.67. The summed E-state index contributed by atoms with van der Waals surface area (Å²) in [6.07, 6.45) is 0.991. The molecule has 0 bridgehead atoms. The molecule has 0 aliphatic heterocycles. The van der Waals surface area contributed by atoms with Gasteiger partial charge in [-0.3, -0.25) is 4.79 Å². The molecule has 3 N–H and O–H groups in total. The van der Waals surface area contributed by atoms with Gasteiger partial charge in [-0.05, 0) is 46.7 Å². The van der Waals surface area contributed by atoms with Gasteiger partial charge < -0.3 is 16.0 Å². The molecule has 4 nitrogen and oxygen atoms in total. The number of halogens is 1. The van der Waals surface area contributed by atoms with Crippen LogP contribution in [0.2, 0.25) is 0 Å². The number of hydrogen-bond acceptors (Lipinski definition) is 2. The van der Waals surface area contributed by atoms with Gasteiger partial charge in [0, 0.05) is 11.0 Å². The van der Waals surface area contributed by atoms with Gasteiger partial charge in [0.2, 0.25) is 5.91 Å². The summed E-state index contributed by atoms with van der Waals surface area (Å²) in [5.41, 5.74) is 0.747. The third kappa shape index (κ3) is 5.46. The van der Waals surface area contributed by atoms with Gasteiger partial charge in [0.05, 0.1) is 12.2 Å². The lowest BCUT2D eigenvalue weighted by Crippen LogP contribution is -2.40. The molecule has 18 heavy (non-hydrogen) atoms. The van der Waals surface area contributed by atoms with E-state index in [-0.39, 0.29) is 12.5 Å². The number of amides is 1. The monoisotopic (exact) mass is 329 g/mol. The summed E-state index contributed by atoms with van der Waals surface area (Å²) in [6, 6.07) is 7.45. The average molecular weight is 330 g/mol. The van der Waals surface area contributed by atoms with Crippen LogP contribution in [-0.4, -0.2) is 24.1 Å². The zero-order valence-corrected chi connectivity index (χ0v) is 12.5. The summed E-state index contributed by atoms with van der Waals surface area (Å²) >= 11 is 8.38. The Hall–Kier alpha value is -1.14. The highest BCUT2D eigenvalue weighted by molar-refractivity contribution is 9.10. The Bertz CT molecular complexity index is 426. The van der Waals surface area contributed by atoms with E-state index in [4.69, 9.17) is 12.2 Å². The molecule has 0 atom stereocenters. The smallest absolute Gasteiger partial charge is 0.243 e. The first-order chi connectivity index (χ1) is 8.63. The van der Waals surface area contributed by atoms with Crippen molar-refractivity contribution in [2.75, 3.05) is 18.4 Å². The molecule has 0 heterocycles. The number of nitrogens with one attached hydrogen (secondary N) is 3. The van der Waals surface area contributed by atoms with Crippen molar-refractivity contribution in [1.82, 2.24) is 10.6 Å². The minimum absolute atomic E-state index is 0.137. The Morgan fingerprint density at radius 1 is 1.33 bits per heavy atom. The van der Waals surface area contributed by atoms with Crippen molar-refractivity contribution in [3.05, 3.63) is 28.7 Å². The van der Waals surface area contributed by atoms with E-state index in [9.17, 15) is 4.79 Å². The number of carbonyl (C=O) groups excluding carboxylic acids is 1. The number of carbonyl (C=O) groups is 1. The second-order valence-corrected chi connectivity index (χ2v) is 4.90. The second kappa shape index (κ2) is 8.05. The van der Waals surface area contributed by atoms with E-state index in [1.54, 1.807) is 0 Å². The molecule has 0 aliphatic carbocycles. The molecule has 0 spiro atoms. The lowest BCUT2D eigenvalue weighted by molar-refractivity contribution is -0.115. The first-order valence-electron chi connectivity index (χ1n) is 5.69. The van der Waals surface area contributed by atoms with E-state index in [0.29, 0.717) is 5.11 Å². The molecule has 0 aliphatic rings. The van der Waals surface area contributed by atoms with E-state index < -0.39 is 0 Å². The topological polar surface area (TPSA) is 53.2 Å². The van der Waals surface area contributed by atoms with Crippen molar-refractivity contribution in [2.45, 2.75) is 13.3 Å². The third-order valence-corrected chi connectivity index (χ3v) is 3.07. The molecule has 1 aromatic carbocycles. The largest absolute Gasteiger partial charge is 0.363 e. The lowest BCUT2D eigenvalue weighted by atomic mass is 10.3. The molecule has 6 heteroatoms. The number of hydrogen-bond donors (Lipinski definition) is 3. The third-order valence-electron chi connectivity index (χ3n) is 2.09. The van der Waals surface area contributed by atoms with Crippen LogP contribution in [0.3, 0.4) is 0 Å². The molecule has 1 amide bonds. The first kappa shape index (κ1) is 14.9. The fourth-order valence-electron chi connectivity index (χ4n) is 1.22. The summed E-state index contributed by atoms with van der Waals surface area (Å²) < 4.78 is 0.852. The molecule has 98 valence electrons.